The minimum absolute atomic E-state index is 0.199. The SMILES string of the molecule is COc1nc(-c2nc3n(n2)[C@@H](c2ccc(F)c(F)c2)CCC3)ccc1-n1cnc(C)c1. The molecule has 0 fully saturated rings. The van der Waals surface area contributed by atoms with E-state index in [1.807, 2.05) is 29.8 Å². The summed E-state index contributed by atoms with van der Waals surface area (Å²) in [4.78, 5) is 13.5. The predicted molar refractivity (Wildman–Crippen MR) is 109 cm³/mol. The highest BCUT2D eigenvalue weighted by atomic mass is 19.2. The van der Waals surface area contributed by atoms with E-state index in [9.17, 15) is 8.78 Å². The summed E-state index contributed by atoms with van der Waals surface area (Å²) < 4.78 is 36.3. The Hall–Kier alpha value is -3.62. The number of aromatic nitrogens is 6. The Labute approximate surface area is 177 Å². The number of methoxy groups -OCH3 is 1. The second-order valence-corrected chi connectivity index (χ2v) is 7.52. The van der Waals surface area contributed by atoms with Crippen molar-refractivity contribution >= 4 is 0 Å². The quantitative estimate of drug-likeness (QED) is 0.496. The van der Waals surface area contributed by atoms with E-state index in [1.165, 1.54) is 6.07 Å². The van der Waals surface area contributed by atoms with Crippen LogP contribution in [0.2, 0.25) is 0 Å². The van der Waals surface area contributed by atoms with Crippen LogP contribution < -0.4 is 4.74 Å². The molecule has 7 nitrogen and oxygen atoms in total. The minimum Gasteiger partial charge on any atom is -0.479 e. The maximum absolute atomic E-state index is 13.8. The van der Waals surface area contributed by atoms with E-state index in [4.69, 9.17) is 4.74 Å². The lowest BCUT2D eigenvalue weighted by Crippen LogP contribution is -2.20. The smallest absolute Gasteiger partial charge is 0.238 e. The van der Waals surface area contributed by atoms with Crippen molar-refractivity contribution in [1.29, 1.82) is 0 Å². The van der Waals surface area contributed by atoms with Crippen molar-refractivity contribution in [1.82, 2.24) is 29.3 Å². The van der Waals surface area contributed by atoms with Gasteiger partial charge in [0.15, 0.2) is 17.5 Å². The number of ether oxygens (including phenoxy) is 1. The fourth-order valence-corrected chi connectivity index (χ4v) is 3.94. The lowest BCUT2D eigenvalue weighted by molar-refractivity contribution is 0.396. The van der Waals surface area contributed by atoms with Gasteiger partial charge in [-0.15, -0.1) is 5.10 Å². The molecule has 3 aromatic heterocycles. The molecule has 0 saturated heterocycles. The number of fused-ring (bicyclic) bond motifs is 1. The maximum atomic E-state index is 13.8. The van der Waals surface area contributed by atoms with Gasteiger partial charge < -0.3 is 9.30 Å². The highest BCUT2D eigenvalue weighted by molar-refractivity contribution is 5.55. The van der Waals surface area contributed by atoms with Gasteiger partial charge in [-0.2, -0.15) is 0 Å². The molecule has 9 heteroatoms. The molecule has 158 valence electrons. The molecule has 4 aromatic rings. The van der Waals surface area contributed by atoms with Crippen LogP contribution in [0.15, 0.2) is 42.9 Å². The molecule has 1 atom stereocenters. The Morgan fingerprint density at radius 3 is 2.71 bits per heavy atom. The molecule has 0 saturated carbocycles. The number of imidazole rings is 1. The Morgan fingerprint density at radius 2 is 1.97 bits per heavy atom. The Kier molecular flexibility index (Phi) is 4.72. The summed E-state index contributed by atoms with van der Waals surface area (Å²) in [6.07, 6.45) is 6.01. The Morgan fingerprint density at radius 1 is 1.10 bits per heavy atom. The molecule has 1 aliphatic rings. The molecule has 0 radical (unpaired) electrons. The number of benzene rings is 1. The molecule has 0 aliphatic carbocycles. The van der Waals surface area contributed by atoms with Crippen LogP contribution >= 0.6 is 0 Å². The molecule has 1 aromatic carbocycles. The van der Waals surface area contributed by atoms with Crippen molar-refractivity contribution in [3.8, 4) is 23.1 Å². The zero-order valence-corrected chi connectivity index (χ0v) is 17.1. The van der Waals surface area contributed by atoms with Crippen LogP contribution in [0.1, 0.15) is 36.0 Å². The molecular weight excluding hydrogens is 402 g/mol. The number of hydrogen-bond donors (Lipinski definition) is 0. The van der Waals surface area contributed by atoms with Gasteiger partial charge in [0.25, 0.3) is 0 Å². The van der Waals surface area contributed by atoms with Gasteiger partial charge in [0.1, 0.15) is 17.2 Å². The average molecular weight is 422 g/mol. The summed E-state index contributed by atoms with van der Waals surface area (Å²) in [5.74, 6) is -0.0211. The Bertz CT molecular complexity index is 1260. The van der Waals surface area contributed by atoms with Crippen LogP contribution in [0.3, 0.4) is 0 Å². The number of aryl methyl sites for hydroxylation is 2. The molecule has 0 N–H and O–H groups in total. The van der Waals surface area contributed by atoms with Crippen LogP contribution in [0, 0.1) is 18.6 Å². The average Bonchev–Trinajstić information content (AvgIpc) is 3.41. The van der Waals surface area contributed by atoms with Gasteiger partial charge in [0, 0.05) is 12.6 Å². The monoisotopic (exact) mass is 422 g/mol. The zero-order valence-electron chi connectivity index (χ0n) is 17.1. The third-order valence-corrected chi connectivity index (χ3v) is 5.46. The first kappa shape index (κ1) is 19.3. The van der Waals surface area contributed by atoms with Gasteiger partial charge in [-0.3, -0.25) is 0 Å². The molecular formula is C22H20F2N6O. The summed E-state index contributed by atoms with van der Waals surface area (Å²) in [6.45, 7) is 1.91. The summed E-state index contributed by atoms with van der Waals surface area (Å²) in [5, 5.41) is 4.67. The summed E-state index contributed by atoms with van der Waals surface area (Å²) in [7, 11) is 1.56. The van der Waals surface area contributed by atoms with E-state index >= 15 is 0 Å². The first-order chi connectivity index (χ1) is 15.0. The van der Waals surface area contributed by atoms with E-state index in [1.54, 1.807) is 24.2 Å². The van der Waals surface area contributed by atoms with Gasteiger partial charge in [-0.25, -0.2) is 28.4 Å². The summed E-state index contributed by atoms with van der Waals surface area (Å²) in [6, 6.07) is 7.51. The second kappa shape index (κ2) is 7.57. The van der Waals surface area contributed by atoms with E-state index in [0.29, 0.717) is 23.0 Å². The fourth-order valence-electron chi connectivity index (χ4n) is 3.94. The van der Waals surface area contributed by atoms with Crippen LogP contribution in [-0.4, -0.2) is 36.4 Å². The third kappa shape index (κ3) is 3.45. The zero-order chi connectivity index (χ0) is 21.5. The van der Waals surface area contributed by atoms with Crippen molar-refractivity contribution in [3.63, 3.8) is 0 Å². The van der Waals surface area contributed by atoms with Crippen molar-refractivity contribution in [2.75, 3.05) is 7.11 Å². The number of halogens is 2. The highest BCUT2D eigenvalue weighted by Crippen LogP contribution is 2.32. The van der Waals surface area contributed by atoms with Gasteiger partial charge in [0.05, 0.1) is 25.2 Å². The van der Waals surface area contributed by atoms with Crippen LogP contribution in [0.25, 0.3) is 17.2 Å². The molecule has 4 heterocycles. The van der Waals surface area contributed by atoms with Crippen molar-refractivity contribution in [2.45, 2.75) is 32.2 Å². The number of hydrogen-bond acceptors (Lipinski definition) is 5. The first-order valence-corrected chi connectivity index (χ1v) is 10.00. The Balaban J connectivity index is 1.52. The molecule has 0 amide bonds. The predicted octanol–water partition coefficient (Wildman–Crippen LogP) is 4.05. The van der Waals surface area contributed by atoms with Gasteiger partial charge >= 0.3 is 0 Å². The molecule has 31 heavy (non-hydrogen) atoms. The topological polar surface area (TPSA) is 70.7 Å². The standard InChI is InChI=1S/C22H20F2N6O/c1-13-11-29(12-25-13)19-9-8-17(26-22(19)31-2)21-27-20-5-3-4-18(30(20)28-21)14-6-7-15(23)16(24)10-14/h6-12,18H,3-5H2,1-2H3/t18-/m1/s1. The van der Waals surface area contributed by atoms with Crippen molar-refractivity contribution in [2.24, 2.45) is 0 Å². The fraction of sp³-hybridized carbons (Fsp3) is 0.273. The van der Waals surface area contributed by atoms with Gasteiger partial charge in [-0.1, -0.05) is 6.07 Å². The normalized spacial score (nSPS) is 15.7. The summed E-state index contributed by atoms with van der Waals surface area (Å²) >= 11 is 0. The van der Waals surface area contributed by atoms with Crippen LogP contribution in [0.5, 0.6) is 5.88 Å². The number of nitrogens with zero attached hydrogens (tertiary/aromatic N) is 6. The first-order valence-electron chi connectivity index (χ1n) is 10.00. The van der Waals surface area contributed by atoms with Crippen molar-refractivity contribution in [3.05, 3.63) is 71.6 Å². The molecule has 0 bridgehead atoms. The number of pyridine rings is 1. The minimum atomic E-state index is -0.860. The highest BCUT2D eigenvalue weighted by Gasteiger charge is 2.26. The lowest BCUT2D eigenvalue weighted by atomic mass is 9.98. The van der Waals surface area contributed by atoms with Crippen LogP contribution in [0.4, 0.5) is 8.78 Å². The van der Waals surface area contributed by atoms with E-state index in [0.717, 1.165) is 42.5 Å². The van der Waals surface area contributed by atoms with E-state index < -0.39 is 11.6 Å². The van der Waals surface area contributed by atoms with Crippen LogP contribution in [-0.2, 0) is 6.42 Å². The molecule has 0 spiro atoms. The third-order valence-electron chi connectivity index (χ3n) is 5.46. The molecule has 5 rings (SSSR count). The van der Waals surface area contributed by atoms with Crippen molar-refractivity contribution < 1.29 is 13.5 Å². The summed E-state index contributed by atoms with van der Waals surface area (Å²) in [5.41, 5.74) is 2.89. The van der Waals surface area contributed by atoms with E-state index in [2.05, 4.69) is 20.1 Å². The lowest BCUT2D eigenvalue weighted by Gasteiger charge is -2.23. The maximum Gasteiger partial charge on any atom is 0.238 e. The molecule has 1 aliphatic heterocycles. The number of rotatable bonds is 4. The van der Waals surface area contributed by atoms with Gasteiger partial charge in [-0.05, 0) is 49.6 Å². The molecule has 0 unspecified atom stereocenters. The van der Waals surface area contributed by atoms with E-state index in [-0.39, 0.29) is 6.04 Å². The van der Waals surface area contributed by atoms with Gasteiger partial charge in [0.2, 0.25) is 5.88 Å². The largest absolute Gasteiger partial charge is 0.479 e. The second-order valence-electron chi connectivity index (χ2n) is 7.52.